The first-order chi connectivity index (χ1) is 9.83. The highest BCUT2D eigenvalue weighted by molar-refractivity contribution is 9.08. The highest BCUT2D eigenvalue weighted by atomic mass is 79.9. The number of halogens is 1. The number of para-hydroxylation sites is 1. The number of methoxy groups -OCH3 is 1. The topological polar surface area (TPSA) is 36.9 Å². The van der Waals surface area contributed by atoms with Crippen molar-refractivity contribution in [1.29, 1.82) is 0 Å². The van der Waals surface area contributed by atoms with Crippen molar-refractivity contribution in [1.82, 2.24) is 0 Å². The molecule has 0 aliphatic rings. The second kappa shape index (κ2) is 10.9. The number of ether oxygens (including phenoxy) is 4. The van der Waals surface area contributed by atoms with E-state index in [9.17, 15) is 0 Å². The molecule has 1 aromatic rings. The largest absolute Gasteiger partial charge is 0.490 e. The standard InChI is InChI=1S/C15H23BrO4/c1-3-19-14-7-4-6-13(12-16)15(14)20-11-10-18-9-5-8-17-2/h4,6-7H,3,5,8-12H2,1-2H3. The van der Waals surface area contributed by atoms with Gasteiger partial charge in [-0.1, -0.05) is 28.1 Å². The molecule has 0 amide bonds. The molecule has 4 nitrogen and oxygen atoms in total. The summed E-state index contributed by atoms with van der Waals surface area (Å²) in [7, 11) is 1.69. The van der Waals surface area contributed by atoms with Crippen LogP contribution in [0.15, 0.2) is 18.2 Å². The van der Waals surface area contributed by atoms with Crippen LogP contribution >= 0.6 is 15.9 Å². The fraction of sp³-hybridized carbons (Fsp3) is 0.600. The predicted molar refractivity (Wildman–Crippen MR) is 83.0 cm³/mol. The monoisotopic (exact) mass is 346 g/mol. The van der Waals surface area contributed by atoms with Crippen LogP contribution in [-0.4, -0.2) is 40.1 Å². The van der Waals surface area contributed by atoms with Gasteiger partial charge in [0.05, 0.1) is 13.2 Å². The van der Waals surface area contributed by atoms with Crippen molar-refractivity contribution in [2.75, 3.05) is 40.1 Å². The molecule has 0 saturated carbocycles. The Morgan fingerprint density at radius 3 is 2.60 bits per heavy atom. The van der Waals surface area contributed by atoms with Gasteiger partial charge in [0.1, 0.15) is 6.61 Å². The Morgan fingerprint density at radius 2 is 1.90 bits per heavy atom. The Morgan fingerprint density at radius 1 is 1.05 bits per heavy atom. The van der Waals surface area contributed by atoms with E-state index in [1.807, 2.05) is 25.1 Å². The van der Waals surface area contributed by atoms with Gasteiger partial charge in [-0.05, 0) is 19.4 Å². The van der Waals surface area contributed by atoms with Crippen LogP contribution in [0.25, 0.3) is 0 Å². The highest BCUT2D eigenvalue weighted by Gasteiger charge is 2.09. The summed E-state index contributed by atoms with van der Waals surface area (Å²) < 4.78 is 21.8. The van der Waals surface area contributed by atoms with Gasteiger partial charge in [0.25, 0.3) is 0 Å². The molecule has 0 bridgehead atoms. The van der Waals surface area contributed by atoms with E-state index >= 15 is 0 Å². The highest BCUT2D eigenvalue weighted by Crippen LogP contribution is 2.32. The van der Waals surface area contributed by atoms with Crippen LogP contribution in [0.1, 0.15) is 18.9 Å². The molecule has 5 heteroatoms. The number of alkyl halides is 1. The fourth-order valence-electron chi connectivity index (χ4n) is 1.71. The molecule has 0 aromatic heterocycles. The summed E-state index contributed by atoms with van der Waals surface area (Å²) >= 11 is 3.46. The molecule has 0 aliphatic heterocycles. The molecule has 1 rings (SSSR count). The van der Waals surface area contributed by atoms with Crippen molar-refractivity contribution in [2.24, 2.45) is 0 Å². The lowest BCUT2D eigenvalue weighted by atomic mass is 10.2. The predicted octanol–water partition coefficient (Wildman–Crippen LogP) is 3.41. The summed E-state index contributed by atoms with van der Waals surface area (Å²) in [6.45, 7) is 5.07. The summed E-state index contributed by atoms with van der Waals surface area (Å²) in [6, 6.07) is 5.91. The Labute approximate surface area is 129 Å². The summed E-state index contributed by atoms with van der Waals surface area (Å²) in [6.07, 6.45) is 0.901. The van der Waals surface area contributed by atoms with Gasteiger partial charge in [-0.15, -0.1) is 0 Å². The lowest BCUT2D eigenvalue weighted by molar-refractivity contribution is 0.0796. The van der Waals surface area contributed by atoms with E-state index in [2.05, 4.69) is 15.9 Å². The number of benzene rings is 1. The number of hydrogen-bond donors (Lipinski definition) is 0. The number of rotatable bonds is 11. The molecule has 20 heavy (non-hydrogen) atoms. The molecule has 0 fully saturated rings. The summed E-state index contributed by atoms with van der Waals surface area (Å²) in [5, 5.41) is 0.734. The van der Waals surface area contributed by atoms with Crippen molar-refractivity contribution in [3.05, 3.63) is 23.8 Å². The Balaban J connectivity index is 2.41. The summed E-state index contributed by atoms with van der Waals surface area (Å²) in [4.78, 5) is 0. The van der Waals surface area contributed by atoms with E-state index in [1.54, 1.807) is 7.11 Å². The van der Waals surface area contributed by atoms with Gasteiger partial charge in [-0.2, -0.15) is 0 Å². The lowest BCUT2D eigenvalue weighted by Crippen LogP contribution is -2.10. The maximum absolute atomic E-state index is 5.81. The average molecular weight is 347 g/mol. The first-order valence-corrected chi connectivity index (χ1v) is 7.95. The molecular formula is C15H23BrO4. The van der Waals surface area contributed by atoms with Crippen LogP contribution in [0.4, 0.5) is 0 Å². The van der Waals surface area contributed by atoms with Crippen molar-refractivity contribution in [3.8, 4) is 11.5 Å². The molecule has 0 aliphatic carbocycles. The van der Waals surface area contributed by atoms with Crippen LogP contribution in [0.2, 0.25) is 0 Å². The van der Waals surface area contributed by atoms with Crippen molar-refractivity contribution >= 4 is 15.9 Å². The minimum atomic E-state index is 0.511. The van der Waals surface area contributed by atoms with Gasteiger partial charge in [-0.3, -0.25) is 0 Å². The first kappa shape index (κ1) is 17.3. The van der Waals surface area contributed by atoms with E-state index in [0.29, 0.717) is 26.4 Å². The Bertz CT molecular complexity index is 371. The summed E-state index contributed by atoms with van der Waals surface area (Å²) in [5.74, 6) is 1.58. The van der Waals surface area contributed by atoms with E-state index < -0.39 is 0 Å². The first-order valence-electron chi connectivity index (χ1n) is 6.83. The molecule has 0 heterocycles. The van der Waals surface area contributed by atoms with E-state index in [0.717, 1.165) is 35.4 Å². The van der Waals surface area contributed by atoms with Crippen LogP contribution in [-0.2, 0) is 14.8 Å². The van der Waals surface area contributed by atoms with Crippen molar-refractivity contribution < 1.29 is 18.9 Å². The van der Waals surface area contributed by atoms with Gasteiger partial charge < -0.3 is 18.9 Å². The van der Waals surface area contributed by atoms with Crippen molar-refractivity contribution in [2.45, 2.75) is 18.7 Å². The SMILES string of the molecule is CCOc1cccc(CBr)c1OCCOCCCOC. The molecule has 0 spiro atoms. The molecule has 0 unspecified atom stereocenters. The molecule has 0 saturated heterocycles. The Hall–Kier alpha value is -0.780. The van der Waals surface area contributed by atoms with E-state index in [1.165, 1.54) is 0 Å². The maximum Gasteiger partial charge on any atom is 0.165 e. The number of hydrogen-bond acceptors (Lipinski definition) is 4. The third-order valence-electron chi connectivity index (χ3n) is 2.62. The molecule has 0 radical (unpaired) electrons. The van der Waals surface area contributed by atoms with Crippen LogP contribution in [0, 0.1) is 0 Å². The second-order valence-electron chi connectivity index (χ2n) is 4.12. The third kappa shape index (κ3) is 6.11. The zero-order valence-corrected chi connectivity index (χ0v) is 13.8. The third-order valence-corrected chi connectivity index (χ3v) is 3.22. The minimum Gasteiger partial charge on any atom is -0.490 e. The van der Waals surface area contributed by atoms with Gasteiger partial charge in [0.2, 0.25) is 0 Å². The van der Waals surface area contributed by atoms with Crippen molar-refractivity contribution in [3.63, 3.8) is 0 Å². The second-order valence-corrected chi connectivity index (χ2v) is 4.68. The minimum absolute atomic E-state index is 0.511. The molecule has 0 atom stereocenters. The van der Waals surface area contributed by atoms with Gasteiger partial charge in [-0.25, -0.2) is 0 Å². The average Bonchev–Trinajstić information content (AvgIpc) is 2.47. The van der Waals surface area contributed by atoms with E-state index in [4.69, 9.17) is 18.9 Å². The summed E-state index contributed by atoms with van der Waals surface area (Å²) in [5.41, 5.74) is 1.08. The van der Waals surface area contributed by atoms with Crippen LogP contribution in [0.3, 0.4) is 0 Å². The van der Waals surface area contributed by atoms with Gasteiger partial charge in [0, 0.05) is 31.2 Å². The maximum atomic E-state index is 5.81. The zero-order valence-electron chi connectivity index (χ0n) is 12.2. The van der Waals surface area contributed by atoms with Crippen LogP contribution in [0.5, 0.6) is 11.5 Å². The quantitative estimate of drug-likeness (QED) is 0.454. The zero-order chi connectivity index (χ0) is 14.6. The van der Waals surface area contributed by atoms with Crippen LogP contribution < -0.4 is 9.47 Å². The lowest BCUT2D eigenvalue weighted by Gasteiger charge is -2.15. The molecule has 114 valence electrons. The van der Waals surface area contributed by atoms with Gasteiger partial charge in [0.15, 0.2) is 11.5 Å². The molecule has 0 N–H and O–H groups in total. The van der Waals surface area contributed by atoms with Gasteiger partial charge >= 0.3 is 0 Å². The smallest absolute Gasteiger partial charge is 0.165 e. The normalized spacial score (nSPS) is 10.6. The Kier molecular flexibility index (Phi) is 9.45. The fourth-order valence-corrected chi connectivity index (χ4v) is 2.15. The molecular weight excluding hydrogens is 324 g/mol. The van der Waals surface area contributed by atoms with E-state index in [-0.39, 0.29) is 0 Å². The molecule has 1 aromatic carbocycles.